The summed E-state index contributed by atoms with van der Waals surface area (Å²) in [5.74, 6) is 1.21. The zero-order valence-electron chi connectivity index (χ0n) is 9.07. The van der Waals surface area contributed by atoms with Gasteiger partial charge in [0, 0.05) is 18.8 Å². The van der Waals surface area contributed by atoms with Gasteiger partial charge in [-0.2, -0.15) is 4.98 Å². The van der Waals surface area contributed by atoms with Gasteiger partial charge >= 0.3 is 0 Å². The maximum absolute atomic E-state index is 5.39. The summed E-state index contributed by atoms with van der Waals surface area (Å²) in [6, 6.07) is 1.74. The molecule has 0 saturated heterocycles. The van der Waals surface area contributed by atoms with Crippen LogP contribution in [0.25, 0.3) is 0 Å². The van der Waals surface area contributed by atoms with Crippen molar-refractivity contribution in [2.24, 2.45) is 5.73 Å². The molecule has 5 nitrogen and oxygen atoms in total. The van der Waals surface area contributed by atoms with Crippen LogP contribution in [0.3, 0.4) is 0 Å². The lowest BCUT2D eigenvalue weighted by Gasteiger charge is -2.05. The first kappa shape index (κ1) is 11.7. The van der Waals surface area contributed by atoms with Crippen LogP contribution in [0.2, 0.25) is 0 Å². The monoisotopic (exact) mass is 210 g/mol. The number of hydrogen-bond donors (Lipinski definition) is 2. The zero-order valence-corrected chi connectivity index (χ0v) is 9.07. The lowest BCUT2D eigenvalue weighted by Crippen LogP contribution is -2.08. The number of nitrogens with two attached hydrogens (primary N) is 1. The zero-order chi connectivity index (χ0) is 10.9. The predicted molar refractivity (Wildman–Crippen MR) is 60.0 cm³/mol. The largest absolute Gasteiger partial charge is 0.478 e. The normalized spacial score (nSPS) is 10.0. The van der Waals surface area contributed by atoms with Gasteiger partial charge in [0.1, 0.15) is 0 Å². The van der Waals surface area contributed by atoms with Crippen LogP contribution in [-0.4, -0.2) is 29.7 Å². The van der Waals surface area contributed by atoms with Crippen molar-refractivity contribution in [3.63, 3.8) is 0 Å². The molecular weight excluding hydrogens is 192 g/mol. The fourth-order valence-electron chi connectivity index (χ4n) is 1.13. The molecule has 0 amide bonds. The Hall–Kier alpha value is -1.36. The van der Waals surface area contributed by atoms with Crippen molar-refractivity contribution in [1.29, 1.82) is 0 Å². The first-order valence-electron chi connectivity index (χ1n) is 5.26. The van der Waals surface area contributed by atoms with E-state index in [0.717, 1.165) is 25.9 Å². The minimum Gasteiger partial charge on any atom is -0.478 e. The van der Waals surface area contributed by atoms with E-state index in [1.54, 1.807) is 12.3 Å². The van der Waals surface area contributed by atoms with E-state index in [2.05, 4.69) is 15.3 Å². The van der Waals surface area contributed by atoms with Crippen LogP contribution in [-0.2, 0) is 0 Å². The predicted octanol–water partition coefficient (Wildman–Crippen LogP) is 1.03. The quantitative estimate of drug-likeness (QED) is 0.657. The van der Waals surface area contributed by atoms with E-state index < -0.39 is 0 Å². The Balaban J connectivity index is 2.36. The number of unbranched alkanes of at least 4 members (excludes halogenated alkanes) is 1. The Morgan fingerprint density at radius 3 is 3.07 bits per heavy atom. The van der Waals surface area contributed by atoms with Crippen LogP contribution < -0.4 is 15.8 Å². The molecular formula is C10H18N4O. The maximum atomic E-state index is 5.39. The summed E-state index contributed by atoms with van der Waals surface area (Å²) in [7, 11) is 0. The smallest absolute Gasteiger partial charge is 0.225 e. The van der Waals surface area contributed by atoms with Gasteiger partial charge in [0.05, 0.1) is 6.61 Å². The number of aromatic nitrogens is 2. The van der Waals surface area contributed by atoms with E-state index in [9.17, 15) is 0 Å². The highest BCUT2D eigenvalue weighted by Gasteiger charge is 1.98. The van der Waals surface area contributed by atoms with Crippen LogP contribution in [0.1, 0.15) is 19.8 Å². The number of hydrogen-bond acceptors (Lipinski definition) is 5. The lowest BCUT2D eigenvalue weighted by molar-refractivity contribution is 0.326. The molecule has 0 aliphatic carbocycles. The molecule has 5 heteroatoms. The number of anilines is 1. The first-order valence-corrected chi connectivity index (χ1v) is 5.26. The molecule has 0 aliphatic rings. The Morgan fingerprint density at radius 2 is 2.33 bits per heavy atom. The third-order valence-electron chi connectivity index (χ3n) is 1.84. The highest BCUT2D eigenvalue weighted by molar-refractivity contribution is 5.27. The Morgan fingerprint density at radius 1 is 1.47 bits per heavy atom. The molecule has 0 fully saturated rings. The summed E-state index contributed by atoms with van der Waals surface area (Å²) in [5, 5.41) is 3.12. The summed E-state index contributed by atoms with van der Waals surface area (Å²) in [6.45, 7) is 4.11. The van der Waals surface area contributed by atoms with Gasteiger partial charge in [-0.05, 0) is 26.3 Å². The van der Waals surface area contributed by atoms with Crippen molar-refractivity contribution >= 4 is 5.95 Å². The lowest BCUT2D eigenvalue weighted by atomic mass is 10.3. The molecule has 0 unspecified atom stereocenters. The average molecular weight is 210 g/mol. The summed E-state index contributed by atoms with van der Waals surface area (Å²) in [5.41, 5.74) is 5.39. The van der Waals surface area contributed by atoms with Gasteiger partial charge in [0.15, 0.2) is 0 Å². The van der Waals surface area contributed by atoms with E-state index in [1.807, 2.05) is 6.92 Å². The second-order valence-electron chi connectivity index (χ2n) is 3.07. The second kappa shape index (κ2) is 7.00. The van der Waals surface area contributed by atoms with Crippen LogP contribution in [0.15, 0.2) is 12.3 Å². The van der Waals surface area contributed by atoms with Crippen molar-refractivity contribution < 1.29 is 4.74 Å². The SMILES string of the molecule is CCOc1ccnc(NCCCCN)n1. The second-order valence-corrected chi connectivity index (χ2v) is 3.07. The Kier molecular flexibility index (Phi) is 5.47. The van der Waals surface area contributed by atoms with Gasteiger partial charge in [-0.3, -0.25) is 0 Å². The van der Waals surface area contributed by atoms with Crippen molar-refractivity contribution in [3.05, 3.63) is 12.3 Å². The van der Waals surface area contributed by atoms with E-state index in [0.29, 0.717) is 18.4 Å². The number of ether oxygens (including phenoxy) is 1. The molecule has 1 aromatic rings. The highest BCUT2D eigenvalue weighted by Crippen LogP contribution is 2.07. The minimum absolute atomic E-state index is 0.605. The third-order valence-corrected chi connectivity index (χ3v) is 1.84. The molecule has 0 spiro atoms. The third kappa shape index (κ3) is 4.60. The molecule has 0 aromatic carbocycles. The molecule has 0 radical (unpaired) electrons. The number of rotatable bonds is 7. The molecule has 3 N–H and O–H groups in total. The van der Waals surface area contributed by atoms with E-state index >= 15 is 0 Å². The molecule has 15 heavy (non-hydrogen) atoms. The van der Waals surface area contributed by atoms with Crippen molar-refractivity contribution in [1.82, 2.24) is 9.97 Å². The summed E-state index contributed by atoms with van der Waals surface area (Å²) in [4.78, 5) is 8.27. The maximum Gasteiger partial charge on any atom is 0.225 e. The highest BCUT2D eigenvalue weighted by atomic mass is 16.5. The molecule has 0 atom stereocenters. The van der Waals surface area contributed by atoms with Crippen LogP contribution in [0.4, 0.5) is 5.95 Å². The fraction of sp³-hybridized carbons (Fsp3) is 0.600. The van der Waals surface area contributed by atoms with E-state index in [4.69, 9.17) is 10.5 Å². The van der Waals surface area contributed by atoms with Crippen molar-refractivity contribution in [2.75, 3.05) is 25.0 Å². The van der Waals surface area contributed by atoms with Gasteiger partial charge < -0.3 is 15.8 Å². The molecule has 84 valence electrons. The Bertz CT molecular complexity index is 280. The average Bonchev–Trinajstić information content (AvgIpc) is 2.26. The summed E-state index contributed by atoms with van der Waals surface area (Å²) >= 11 is 0. The molecule has 0 saturated carbocycles. The van der Waals surface area contributed by atoms with Crippen molar-refractivity contribution in [3.8, 4) is 5.88 Å². The minimum atomic E-state index is 0.605. The van der Waals surface area contributed by atoms with Crippen molar-refractivity contribution in [2.45, 2.75) is 19.8 Å². The van der Waals surface area contributed by atoms with Gasteiger partial charge in [-0.25, -0.2) is 4.98 Å². The molecule has 0 aliphatic heterocycles. The molecule has 1 rings (SSSR count). The standard InChI is InChI=1S/C10H18N4O/c1-2-15-9-5-8-13-10(14-9)12-7-4-3-6-11/h5,8H,2-4,6-7,11H2,1H3,(H,12,13,14). The van der Waals surface area contributed by atoms with Gasteiger partial charge in [-0.1, -0.05) is 0 Å². The molecule has 1 aromatic heterocycles. The summed E-state index contributed by atoms with van der Waals surface area (Å²) < 4.78 is 5.26. The summed E-state index contributed by atoms with van der Waals surface area (Å²) in [6.07, 6.45) is 3.72. The first-order chi connectivity index (χ1) is 7.36. The van der Waals surface area contributed by atoms with E-state index in [-0.39, 0.29) is 0 Å². The fourth-order valence-corrected chi connectivity index (χ4v) is 1.13. The Labute approximate surface area is 90.1 Å². The molecule has 0 bridgehead atoms. The van der Waals surface area contributed by atoms with Gasteiger partial charge in [0.25, 0.3) is 0 Å². The van der Waals surface area contributed by atoms with Crippen LogP contribution in [0.5, 0.6) is 5.88 Å². The van der Waals surface area contributed by atoms with Gasteiger partial charge in [0.2, 0.25) is 11.8 Å². The molecule has 1 heterocycles. The van der Waals surface area contributed by atoms with Crippen LogP contribution >= 0.6 is 0 Å². The number of nitrogens with one attached hydrogen (secondary N) is 1. The van der Waals surface area contributed by atoms with Crippen LogP contribution in [0, 0.1) is 0 Å². The topological polar surface area (TPSA) is 73.1 Å². The van der Waals surface area contributed by atoms with Gasteiger partial charge in [-0.15, -0.1) is 0 Å². The van der Waals surface area contributed by atoms with E-state index in [1.165, 1.54) is 0 Å². The number of nitrogens with zero attached hydrogens (tertiary/aromatic N) is 2.